The molecule has 0 N–H and O–H groups in total. The average molecular weight is 323 g/mol. The van der Waals surface area contributed by atoms with Gasteiger partial charge >= 0.3 is 6.18 Å². The Hall–Kier alpha value is -1.21. The minimum absolute atomic E-state index is 0.0171. The third kappa shape index (κ3) is 3.27. The first-order chi connectivity index (χ1) is 9.29. The van der Waals surface area contributed by atoms with Gasteiger partial charge in [-0.3, -0.25) is 0 Å². The lowest BCUT2D eigenvalue weighted by Gasteiger charge is -2.08. The molecule has 20 heavy (non-hydrogen) atoms. The number of aromatic nitrogens is 2. The van der Waals surface area contributed by atoms with Gasteiger partial charge in [-0.05, 0) is 19.9 Å². The van der Waals surface area contributed by atoms with Crippen molar-refractivity contribution in [2.75, 3.05) is 0 Å². The number of pyridine rings is 1. The second-order valence-corrected chi connectivity index (χ2v) is 5.47. The molecule has 3 nitrogen and oxygen atoms in total. The lowest BCUT2D eigenvalue weighted by molar-refractivity contribution is -0.137. The van der Waals surface area contributed by atoms with Gasteiger partial charge in [0.05, 0.1) is 16.3 Å². The van der Waals surface area contributed by atoms with Crippen LogP contribution in [0.1, 0.15) is 22.6 Å². The highest BCUT2D eigenvalue weighted by Gasteiger charge is 2.31. The summed E-state index contributed by atoms with van der Waals surface area (Å²) in [4.78, 5) is 3.76. The van der Waals surface area contributed by atoms with Gasteiger partial charge in [-0.15, -0.1) is 0 Å². The minimum Gasteiger partial charge on any atom is -0.361 e. The van der Waals surface area contributed by atoms with E-state index in [0.717, 1.165) is 23.5 Å². The zero-order valence-corrected chi connectivity index (χ0v) is 12.2. The first-order valence-corrected chi connectivity index (χ1v) is 6.92. The maximum atomic E-state index is 12.5. The molecule has 2 heterocycles. The minimum atomic E-state index is -4.44. The molecule has 2 rings (SSSR count). The summed E-state index contributed by atoms with van der Waals surface area (Å²) in [6, 6.07) is 0.879. The molecule has 2 aromatic heterocycles. The van der Waals surface area contributed by atoms with Crippen LogP contribution in [0.15, 0.2) is 21.8 Å². The molecule has 0 fully saturated rings. The first-order valence-electron chi connectivity index (χ1n) is 5.56. The molecule has 0 atom stereocenters. The molecule has 0 saturated heterocycles. The second kappa shape index (κ2) is 5.65. The van der Waals surface area contributed by atoms with E-state index in [1.807, 2.05) is 0 Å². The van der Waals surface area contributed by atoms with Crippen LogP contribution in [0.3, 0.4) is 0 Å². The molecule has 0 aliphatic heterocycles. The topological polar surface area (TPSA) is 38.9 Å². The van der Waals surface area contributed by atoms with Crippen LogP contribution in [0.25, 0.3) is 0 Å². The molecular formula is C12H10ClF3N2OS. The monoisotopic (exact) mass is 322 g/mol. The Labute approximate surface area is 122 Å². The number of nitrogens with zero attached hydrogens (tertiary/aromatic N) is 2. The smallest absolute Gasteiger partial charge is 0.361 e. The van der Waals surface area contributed by atoms with Crippen LogP contribution in [-0.4, -0.2) is 10.1 Å². The third-order valence-electron chi connectivity index (χ3n) is 2.67. The summed E-state index contributed by atoms with van der Waals surface area (Å²) >= 11 is 7.07. The number of aryl methyl sites for hydroxylation is 2. The maximum Gasteiger partial charge on any atom is 0.417 e. The van der Waals surface area contributed by atoms with Gasteiger partial charge in [0.2, 0.25) is 0 Å². The van der Waals surface area contributed by atoms with Gasteiger partial charge in [0.15, 0.2) is 0 Å². The second-order valence-electron chi connectivity index (χ2n) is 4.10. The number of hydrogen-bond donors (Lipinski definition) is 0. The summed E-state index contributed by atoms with van der Waals surface area (Å²) in [5, 5.41) is 4.14. The number of rotatable bonds is 3. The van der Waals surface area contributed by atoms with E-state index >= 15 is 0 Å². The molecule has 0 aliphatic rings. The quantitative estimate of drug-likeness (QED) is 0.771. The molecule has 108 valence electrons. The van der Waals surface area contributed by atoms with Crippen LogP contribution in [0, 0.1) is 13.8 Å². The summed E-state index contributed by atoms with van der Waals surface area (Å²) in [5.74, 6) is 1.16. The normalized spacial score (nSPS) is 11.9. The van der Waals surface area contributed by atoms with E-state index in [2.05, 4.69) is 10.1 Å². The first kappa shape index (κ1) is 15.2. The third-order valence-corrected chi connectivity index (χ3v) is 4.10. The number of hydrogen-bond acceptors (Lipinski definition) is 4. The van der Waals surface area contributed by atoms with Gasteiger partial charge in [-0.1, -0.05) is 28.5 Å². The van der Waals surface area contributed by atoms with E-state index in [-0.39, 0.29) is 5.02 Å². The van der Waals surface area contributed by atoms with Crippen molar-refractivity contribution in [3.05, 3.63) is 39.9 Å². The van der Waals surface area contributed by atoms with E-state index in [4.69, 9.17) is 16.1 Å². The van der Waals surface area contributed by atoms with Gasteiger partial charge in [0.25, 0.3) is 0 Å². The lowest BCUT2D eigenvalue weighted by Crippen LogP contribution is -2.05. The summed E-state index contributed by atoms with van der Waals surface area (Å²) < 4.78 is 42.5. The standard InChI is InChI=1S/C12H10ClF3N2OS/c1-6-9(7(2)19-18-6)5-20-11-10(13)3-8(4-17-11)12(14,15)16/h3-4H,5H2,1-2H3. The van der Waals surface area contributed by atoms with E-state index in [9.17, 15) is 13.2 Å². The van der Waals surface area contributed by atoms with Crippen molar-refractivity contribution < 1.29 is 17.7 Å². The molecule has 0 bridgehead atoms. The molecule has 0 aromatic carbocycles. The van der Waals surface area contributed by atoms with E-state index in [1.54, 1.807) is 13.8 Å². The van der Waals surface area contributed by atoms with Gasteiger partial charge in [0.1, 0.15) is 10.8 Å². The van der Waals surface area contributed by atoms with Gasteiger partial charge in [-0.25, -0.2) is 4.98 Å². The van der Waals surface area contributed by atoms with Crippen molar-refractivity contribution >= 4 is 23.4 Å². The Kier molecular flexibility index (Phi) is 4.29. The number of halogens is 4. The fraction of sp³-hybridized carbons (Fsp3) is 0.333. The Balaban J connectivity index is 2.15. The zero-order chi connectivity index (χ0) is 14.9. The Morgan fingerprint density at radius 2 is 2.05 bits per heavy atom. The van der Waals surface area contributed by atoms with Crippen molar-refractivity contribution in [1.29, 1.82) is 0 Å². The summed E-state index contributed by atoms with van der Waals surface area (Å²) in [6.45, 7) is 3.58. The van der Waals surface area contributed by atoms with Crippen LogP contribution in [-0.2, 0) is 11.9 Å². The highest BCUT2D eigenvalue weighted by molar-refractivity contribution is 7.98. The summed E-state index contributed by atoms with van der Waals surface area (Å²) in [6.07, 6.45) is -3.66. The van der Waals surface area contributed by atoms with Crippen molar-refractivity contribution in [2.24, 2.45) is 0 Å². The largest absolute Gasteiger partial charge is 0.417 e. The van der Waals surface area contributed by atoms with Crippen molar-refractivity contribution in [3.63, 3.8) is 0 Å². The maximum absolute atomic E-state index is 12.5. The van der Waals surface area contributed by atoms with Gasteiger partial charge in [-0.2, -0.15) is 13.2 Å². The van der Waals surface area contributed by atoms with Crippen LogP contribution < -0.4 is 0 Å². The molecule has 0 saturated carbocycles. The molecule has 0 radical (unpaired) electrons. The van der Waals surface area contributed by atoms with Crippen LogP contribution in [0.4, 0.5) is 13.2 Å². The number of thioether (sulfide) groups is 1. The average Bonchev–Trinajstić information content (AvgIpc) is 2.67. The van der Waals surface area contributed by atoms with Crippen molar-refractivity contribution in [3.8, 4) is 0 Å². The molecule has 2 aromatic rings. The van der Waals surface area contributed by atoms with E-state index < -0.39 is 11.7 Å². The molecule has 0 unspecified atom stereocenters. The van der Waals surface area contributed by atoms with E-state index in [1.165, 1.54) is 11.8 Å². The van der Waals surface area contributed by atoms with Crippen LogP contribution in [0.5, 0.6) is 0 Å². The molecular weight excluding hydrogens is 313 g/mol. The Morgan fingerprint density at radius 1 is 1.35 bits per heavy atom. The molecule has 0 amide bonds. The van der Waals surface area contributed by atoms with Gasteiger partial charge < -0.3 is 4.52 Å². The number of alkyl halides is 3. The predicted molar refractivity (Wildman–Crippen MR) is 69.8 cm³/mol. The summed E-state index contributed by atoms with van der Waals surface area (Å²) in [7, 11) is 0. The molecule has 8 heteroatoms. The SMILES string of the molecule is Cc1noc(C)c1CSc1ncc(C(F)(F)F)cc1Cl. The predicted octanol–water partition coefficient (Wildman–Crippen LogP) is 4.65. The van der Waals surface area contributed by atoms with Crippen molar-refractivity contribution in [1.82, 2.24) is 10.1 Å². The highest BCUT2D eigenvalue weighted by atomic mass is 35.5. The van der Waals surface area contributed by atoms with E-state index in [0.29, 0.717) is 16.5 Å². The summed E-state index contributed by atoms with van der Waals surface area (Å²) in [5.41, 5.74) is 0.787. The molecule has 0 aliphatic carbocycles. The fourth-order valence-electron chi connectivity index (χ4n) is 1.54. The van der Waals surface area contributed by atoms with Crippen molar-refractivity contribution in [2.45, 2.75) is 30.8 Å². The molecule has 0 spiro atoms. The Bertz CT molecular complexity index is 608. The lowest BCUT2D eigenvalue weighted by atomic mass is 10.2. The Morgan fingerprint density at radius 3 is 2.55 bits per heavy atom. The van der Waals surface area contributed by atoms with Crippen LogP contribution >= 0.6 is 23.4 Å². The zero-order valence-electron chi connectivity index (χ0n) is 10.6. The van der Waals surface area contributed by atoms with Crippen LogP contribution in [0.2, 0.25) is 5.02 Å². The highest BCUT2D eigenvalue weighted by Crippen LogP contribution is 2.35. The van der Waals surface area contributed by atoms with Gasteiger partial charge in [0, 0.05) is 17.5 Å². The fourth-order valence-corrected chi connectivity index (χ4v) is 2.88.